The molecular weight excluding hydrogens is 487 g/mol. The number of nitrogens with one attached hydrogen (secondary N) is 2. The molecule has 1 aliphatic rings. The minimum absolute atomic E-state index is 0. The van der Waals surface area contributed by atoms with Crippen LogP contribution in [-0.4, -0.2) is 56.5 Å². The van der Waals surface area contributed by atoms with Gasteiger partial charge in [0, 0.05) is 50.1 Å². The first-order chi connectivity index (χ1) is 13.0. The van der Waals surface area contributed by atoms with E-state index in [0.29, 0.717) is 12.7 Å². The van der Waals surface area contributed by atoms with Gasteiger partial charge in [0.1, 0.15) is 0 Å². The molecule has 162 valence electrons. The Kier molecular flexibility index (Phi) is 12.5. The third-order valence-corrected chi connectivity index (χ3v) is 5.25. The van der Waals surface area contributed by atoms with E-state index in [9.17, 15) is 0 Å². The van der Waals surface area contributed by atoms with Crippen LogP contribution < -0.4 is 10.6 Å². The molecule has 28 heavy (non-hydrogen) atoms. The van der Waals surface area contributed by atoms with Gasteiger partial charge in [-0.25, -0.2) is 4.98 Å². The lowest BCUT2D eigenvalue weighted by Crippen LogP contribution is -2.38. The van der Waals surface area contributed by atoms with E-state index in [4.69, 9.17) is 14.5 Å². The van der Waals surface area contributed by atoms with Crippen molar-refractivity contribution in [2.75, 3.05) is 39.5 Å². The highest BCUT2D eigenvalue weighted by Gasteiger charge is 2.17. The first-order valence-corrected chi connectivity index (χ1v) is 11.0. The van der Waals surface area contributed by atoms with Gasteiger partial charge < -0.3 is 20.1 Å². The number of hydrogen-bond donors (Lipinski definition) is 2. The molecule has 0 amide bonds. The molecule has 1 aromatic rings. The predicted molar refractivity (Wildman–Crippen MR) is 128 cm³/mol. The number of rotatable bonds is 10. The fourth-order valence-electron chi connectivity index (χ4n) is 2.75. The molecule has 1 aliphatic heterocycles. The summed E-state index contributed by atoms with van der Waals surface area (Å²) in [6.45, 7) is 13.5. The van der Waals surface area contributed by atoms with Crippen LogP contribution >= 0.6 is 35.3 Å². The topological polar surface area (TPSA) is 67.8 Å². The maximum absolute atomic E-state index is 5.69. The average Bonchev–Trinajstić information content (AvgIpc) is 3.29. The molecule has 1 fully saturated rings. The van der Waals surface area contributed by atoms with Gasteiger partial charge in [-0.2, -0.15) is 0 Å². The molecule has 0 bridgehead atoms. The van der Waals surface area contributed by atoms with E-state index in [1.54, 1.807) is 11.3 Å². The summed E-state index contributed by atoms with van der Waals surface area (Å²) in [5.41, 5.74) is 1.29. The number of nitrogens with zero attached hydrogens (tertiary/aromatic N) is 2. The van der Waals surface area contributed by atoms with Gasteiger partial charge >= 0.3 is 0 Å². The Hall–Kier alpha value is -0.450. The quantitative estimate of drug-likeness (QED) is 0.211. The summed E-state index contributed by atoms with van der Waals surface area (Å²) >= 11 is 1.74. The lowest BCUT2D eigenvalue weighted by molar-refractivity contribution is 0.0171. The second kappa shape index (κ2) is 13.7. The van der Waals surface area contributed by atoms with Gasteiger partial charge in [-0.3, -0.25) is 4.99 Å². The summed E-state index contributed by atoms with van der Waals surface area (Å²) in [7, 11) is 0. The highest BCUT2D eigenvalue weighted by atomic mass is 127. The molecule has 0 saturated carbocycles. The van der Waals surface area contributed by atoms with E-state index in [0.717, 1.165) is 64.5 Å². The Balaban J connectivity index is 0.00000392. The van der Waals surface area contributed by atoms with Gasteiger partial charge in [-0.15, -0.1) is 35.3 Å². The average molecular weight is 525 g/mol. The summed E-state index contributed by atoms with van der Waals surface area (Å²) in [5, 5.41) is 10.0. The maximum atomic E-state index is 5.69. The van der Waals surface area contributed by atoms with Crippen molar-refractivity contribution >= 4 is 41.3 Å². The number of hydrogen-bond acceptors (Lipinski definition) is 5. The summed E-state index contributed by atoms with van der Waals surface area (Å²) in [6.07, 6.45) is 4.43. The van der Waals surface area contributed by atoms with Crippen LogP contribution in [0.4, 0.5) is 0 Å². The molecule has 1 atom stereocenters. The fourth-order valence-corrected chi connectivity index (χ4v) is 3.77. The van der Waals surface area contributed by atoms with Crippen LogP contribution in [0, 0.1) is 0 Å². The zero-order valence-corrected chi connectivity index (χ0v) is 20.9. The first-order valence-electron chi connectivity index (χ1n) is 10.2. The largest absolute Gasteiger partial charge is 0.379 e. The van der Waals surface area contributed by atoms with Gasteiger partial charge in [-0.1, -0.05) is 20.8 Å². The highest BCUT2D eigenvalue weighted by Crippen LogP contribution is 2.23. The Bertz CT molecular complexity index is 569. The first kappa shape index (κ1) is 25.6. The molecule has 1 saturated heterocycles. The molecule has 0 radical (unpaired) electrons. The SMILES string of the molecule is CCNC(=NCCCOCC1CCCO1)NCCc1nc(C(C)(C)C)cs1.I. The monoisotopic (exact) mass is 524 g/mol. The normalized spacial score (nSPS) is 17.4. The molecule has 1 aromatic heterocycles. The van der Waals surface area contributed by atoms with E-state index in [2.05, 4.69) is 48.7 Å². The van der Waals surface area contributed by atoms with Crippen LogP contribution in [-0.2, 0) is 21.3 Å². The van der Waals surface area contributed by atoms with Crippen molar-refractivity contribution in [3.63, 3.8) is 0 Å². The van der Waals surface area contributed by atoms with Crippen LogP contribution in [0.25, 0.3) is 0 Å². The summed E-state index contributed by atoms with van der Waals surface area (Å²) in [4.78, 5) is 9.37. The minimum Gasteiger partial charge on any atom is -0.379 e. The van der Waals surface area contributed by atoms with Gasteiger partial charge in [0.25, 0.3) is 0 Å². The van der Waals surface area contributed by atoms with E-state index < -0.39 is 0 Å². The molecule has 8 heteroatoms. The number of guanidine groups is 1. The lowest BCUT2D eigenvalue weighted by atomic mass is 9.93. The number of aromatic nitrogens is 1. The fraction of sp³-hybridized carbons (Fsp3) is 0.800. The van der Waals surface area contributed by atoms with Crippen LogP contribution in [0.3, 0.4) is 0 Å². The highest BCUT2D eigenvalue weighted by molar-refractivity contribution is 14.0. The molecule has 0 spiro atoms. The number of thiazole rings is 1. The lowest BCUT2D eigenvalue weighted by Gasteiger charge is -2.14. The molecule has 1 unspecified atom stereocenters. The molecule has 6 nitrogen and oxygen atoms in total. The zero-order chi connectivity index (χ0) is 19.5. The summed E-state index contributed by atoms with van der Waals surface area (Å²) < 4.78 is 11.2. The van der Waals surface area contributed by atoms with E-state index in [1.165, 1.54) is 10.7 Å². The molecule has 2 N–H and O–H groups in total. The third-order valence-electron chi connectivity index (χ3n) is 4.34. The Morgan fingerprint density at radius 3 is 2.86 bits per heavy atom. The van der Waals surface area contributed by atoms with Crippen molar-refractivity contribution in [1.29, 1.82) is 0 Å². The van der Waals surface area contributed by atoms with E-state index in [1.807, 2.05) is 0 Å². The van der Waals surface area contributed by atoms with Gasteiger partial charge in [-0.05, 0) is 26.2 Å². The van der Waals surface area contributed by atoms with Crippen LogP contribution in [0.1, 0.15) is 57.7 Å². The summed E-state index contributed by atoms with van der Waals surface area (Å²) in [5.74, 6) is 0.865. The molecular formula is C20H37IN4O2S. The second-order valence-corrected chi connectivity index (χ2v) is 8.82. The van der Waals surface area contributed by atoms with Crippen LogP contribution in [0.15, 0.2) is 10.4 Å². The van der Waals surface area contributed by atoms with Crippen molar-refractivity contribution in [3.05, 3.63) is 16.1 Å². The standard InChI is InChI=1S/C20H36N4O2S.HI/c1-5-21-19(22-10-7-12-25-14-16-8-6-13-26-16)23-11-9-18-24-17(15-27-18)20(2,3)4;/h15-16H,5-14H2,1-4H3,(H2,21,22,23);1H. The van der Waals surface area contributed by atoms with Crippen LogP contribution in [0.5, 0.6) is 0 Å². The van der Waals surface area contributed by atoms with Crippen molar-refractivity contribution in [2.45, 2.75) is 64.9 Å². The Morgan fingerprint density at radius 2 is 2.21 bits per heavy atom. The Morgan fingerprint density at radius 1 is 1.39 bits per heavy atom. The third kappa shape index (κ3) is 9.84. The molecule has 0 aromatic carbocycles. The smallest absolute Gasteiger partial charge is 0.191 e. The van der Waals surface area contributed by atoms with Crippen molar-refractivity contribution in [3.8, 4) is 0 Å². The van der Waals surface area contributed by atoms with Gasteiger partial charge in [0.15, 0.2) is 5.96 Å². The maximum Gasteiger partial charge on any atom is 0.191 e. The molecule has 2 rings (SSSR count). The number of halogens is 1. The van der Waals surface area contributed by atoms with Crippen LogP contribution in [0.2, 0.25) is 0 Å². The second-order valence-electron chi connectivity index (χ2n) is 7.88. The minimum atomic E-state index is 0. The van der Waals surface area contributed by atoms with Crippen molar-refractivity contribution in [1.82, 2.24) is 15.6 Å². The van der Waals surface area contributed by atoms with Gasteiger partial charge in [0.05, 0.1) is 23.4 Å². The van der Waals surface area contributed by atoms with Gasteiger partial charge in [0.2, 0.25) is 0 Å². The summed E-state index contributed by atoms with van der Waals surface area (Å²) in [6, 6.07) is 0. The van der Waals surface area contributed by atoms with Crippen molar-refractivity contribution < 1.29 is 9.47 Å². The van der Waals surface area contributed by atoms with Crippen molar-refractivity contribution in [2.24, 2.45) is 4.99 Å². The molecule has 2 heterocycles. The van der Waals surface area contributed by atoms with E-state index >= 15 is 0 Å². The van der Waals surface area contributed by atoms with E-state index in [-0.39, 0.29) is 29.4 Å². The zero-order valence-electron chi connectivity index (χ0n) is 17.8. The predicted octanol–water partition coefficient (Wildman–Crippen LogP) is 3.74. The molecule has 0 aliphatic carbocycles. The number of aliphatic imine (C=N–C) groups is 1. The Labute approximate surface area is 191 Å². The number of ether oxygens (including phenoxy) is 2.